The molecule has 0 saturated heterocycles. The highest BCUT2D eigenvalue weighted by atomic mass is 32.2. The van der Waals surface area contributed by atoms with E-state index in [0.29, 0.717) is 17.2 Å². The summed E-state index contributed by atoms with van der Waals surface area (Å²) in [6.07, 6.45) is 4.68. The molecular weight excluding hydrogens is 398 g/mol. The summed E-state index contributed by atoms with van der Waals surface area (Å²) in [6, 6.07) is 19.7. The lowest BCUT2D eigenvalue weighted by Crippen LogP contribution is -2.30. The van der Waals surface area contributed by atoms with E-state index in [9.17, 15) is 4.79 Å². The van der Waals surface area contributed by atoms with Gasteiger partial charge >= 0.3 is 0 Å². The van der Waals surface area contributed by atoms with Crippen LogP contribution in [0.2, 0.25) is 0 Å². The van der Waals surface area contributed by atoms with Gasteiger partial charge in [-0.15, -0.1) is 11.8 Å². The Morgan fingerprint density at radius 3 is 2.59 bits per heavy atom. The van der Waals surface area contributed by atoms with E-state index in [2.05, 4.69) is 30.1 Å². The van der Waals surface area contributed by atoms with Crippen molar-refractivity contribution in [3.63, 3.8) is 0 Å². The number of carbonyl (C=O) groups excluding carboxylic acids is 1. The highest BCUT2D eigenvalue weighted by molar-refractivity contribution is 7.98. The number of anilines is 1. The van der Waals surface area contributed by atoms with Crippen molar-refractivity contribution in [3.8, 4) is 0 Å². The fraction of sp³-hybridized carbons (Fsp3) is 0.174. The van der Waals surface area contributed by atoms with Gasteiger partial charge in [0.05, 0.1) is 22.5 Å². The van der Waals surface area contributed by atoms with Crippen molar-refractivity contribution in [1.82, 2.24) is 9.97 Å². The van der Waals surface area contributed by atoms with Crippen LogP contribution in [-0.2, 0) is 13.0 Å². The maximum Gasteiger partial charge on any atom is 0.260 e. The average Bonchev–Trinajstić information content (AvgIpc) is 3.22. The standard InChI is InChI=1S/C23H21N3OS2/c1-3-16-7-6-9-20-21(16)25-23(29-20)26(15-18-8-4-5-14-24-18)22(27)17-10-12-19(28-2)13-11-17/h4-14H,3,15H2,1-2H3. The monoisotopic (exact) mass is 419 g/mol. The van der Waals surface area contributed by atoms with E-state index in [0.717, 1.165) is 27.2 Å². The molecule has 2 aromatic carbocycles. The zero-order chi connectivity index (χ0) is 20.2. The second-order valence-electron chi connectivity index (χ2n) is 6.55. The summed E-state index contributed by atoms with van der Waals surface area (Å²) in [4.78, 5) is 25.6. The van der Waals surface area contributed by atoms with Gasteiger partial charge in [-0.2, -0.15) is 0 Å². The van der Waals surface area contributed by atoms with Crippen LogP contribution in [0.4, 0.5) is 5.13 Å². The minimum absolute atomic E-state index is 0.0691. The lowest BCUT2D eigenvalue weighted by Gasteiger charge is -2.19. The highest BCUT2D eigenvalue weighted by Gasteiger charge is 2.22. The summed E-state index contributed by atoms with van der Waals surface area (Å²) >= 11 is 3.21. The van der Waals surface area contributed by atoms with Gasteiger partial charge in [-0.25, -0.2) is 4.98 Å². The van der Waals surface area contributed by atoms with E-state index < -0.39 is 0 Å². The van der Waals surface area contributed by atoms with Crippen LogP contribution in [0.5, 0.6) is 0 Å². The third-order valence-corrected chi connectivity index (χ3v) is 6.52. The molecule has 0 aliphatic carbocycles. The van der Waals surface area contributed by atoms with Crippen molar-refractivity contribution in [2.24, 2.45) is 0 Å². The van der Waals surface area contributed by atoms with Gasteiger partial charge in [-0.05, 0) is 60.7 Å². The van der Waals surface area contributed by atoms with Gasteiger partial charge in [-0.3, -0.25) is 14.7 Å². The minimum Gasteiger partial charge on any atom is -0.278 e. The second-order valence-corrected chi connectivity index (χ2v) is 8.44. The number of pyridine rings is 1. The summed E-state index contributed by atoms with van der Waals surface area (Å²) in [5.41, 5.74) is 3.65. The van der Waals surface area contributed by atoms with Crippen molar-refractivity contribution in [1.29, 1.82) is 0 Å². The molecule has 0 bridgehead atoms. The van der Waals surface area contributed by atoms with Crippen LogP contribution in [0.1, 0.15) is 28.5 Å². The van der Waals surface area contributed by atoms with Crippen LogP contribution in [0, 0.1) is 0 Å². The number of thioether (sulfide) groups is 1. The lowest BCUT2D eigenvalue weighted by molar-refractivity contribution is 0.0984. The van der Waals surface area contributed by atoms with E-state index in [1.54, 1.807) is 34.2 Å². The Kier molecular flexibility index (Phi) is 5.92. The summed E-state index contributed by atoms with van der Waals surface area (Å²) in [5.74, 6) is -0.0691. The fourth-order valence-corrected chi connectivity index (χ4v) is 4.58. The van der Waals surface area contributed by atoms with Gasteiger partial charge in [-0.1, -0.05) is 36.5 Å². The van der Waals surface area contributed by atoms with Gasteiger partial charge in [0.15, 0.2) is 5.13 Å². The van der Waals surface area contributed by atoms with E-state index in [1.165, 1.54) is 5.56 Å². The Hall–Kier alpha value is -2.70. The molecule has 0 atom stereocenters. The first-order valence-corrected chi connectivity index (χ1v) is 11.5. The van der Waals surface area contributed by atoms with E-state index >= 15 is 0 Å². The number of thiazole rings is 1. The van der Waals surface area contributed by atoms with E-state index in [4.69, 9.17) is 4.98 Å². The fourth-order valence-electron chi connectivity index (χ4n) is 3.16. The first-order valence-electron chi connectivity index (χ1n) is 9.44. The van der Waals surface area contributed by atoms with Gasteiger partial charge in [0.25, 0.3) is 5.91 Å². The number of rotatable bonds is 6. The van der Waals surface area contributed by atoms with Crippen molar-refractivity contribution in [3.05, 3.63) is 83.7 Å². The maximum atomic E-state index is 13.4. The summed E-state index contributed by atoms with van der Waals surface area (Å²) in [7, 11) is 0. The Labute approximate surface area is 178 Å². The summed E-state index contributed by atoms with van der Waals surface area (Å²) in [6.45, 7) is 2.50. The van der Waals surface area contributed by atoms with Crippen molar-refractivity contribution >= 4 is 44.4 Å². The number of para-hydroxylation sites is 1. The third-order valence-electron chi connectivity index (χ3n) is 4.73. The molecule has 0 radical (unpaired) electrons. The molecule has 2 aromatic heterocycles. The minimum atomic E-state index is -0.0691. The molecule has 0 aliphatic heterocycles. The number of aryl methyl sites for hydroxylation is 1. The number of hydrogen-bond acceptors (Lipinski definition) is 5. The smallest absolute Gasteiger partial charge is 0.260 e. The molecule has 1 amide bonds. The topological polar surface area (TPSA) is 46.1 Å². The molecule has 146 valence electrons. The molecule has 29 heavy (non-hydrogen) atoms. The maximum absolute atomic E-state index is 13.4. The van der Waals surface area contributed by atoms with Gasteiger partial charge in [0.2, 0.25) is 0 Å². The molecule has 0 N–H and O–H groups in total. The molecule has 0 fully saturated rings. The SMILES string of the molecule is CCc1cccc2sc(N(Cc3ccccn3)C(=O)c3ccc(SC)cc3)nc12. The number of fused-ring (bicyclic) bond motifs is 1. The molecule has 4 aromatic rings. The number of aromatic nitrogens is 2. The molecule has 6 heteroatoms. The number of carbonyl (C=O) groups is 1. The lowest BCUT2D eigenvalue weighted by atomic mass is 10.1. The Morgan fingerprint density at radius 1 is 1.07 bits per heavy atom. The first-order chi connectivity index (χ1) is 14.2. The van der Waals surface area contributed by atoms with Crippen LogP contribution in [0.3, 0.4) is 0 Å². The van der Waals surface area contributed by atoms with Crippen LogP contribution in [0.25, 0.3) is 10.2 Å². The van der Waals surface area contributed by atoms with Crippen molar-refractivity contribution in [2.45, 2.75) is 24.8 Å². The van der Waals surface area contributed by atoms with Crippen LogP contribution < -0.4 is 4.90 Å². The van der Waals surface area contributed by atoms with Crippen LogP contribution >= 0.6 is 23.1 Å². The molecule has 0 aliphatic rings. The van der Waals surface area contributed by atoms with Gasteiger partial charge < -0.3 is 0 Å². The quantitative estimate of drug-likeness (QED) is 0.369. The van der Waals surface area contributed by atoms with Crippen molar-refractivity contribution in [2.75, 3.05) is 11.2 Å². The van der Waals surface area contributed by atoms with Gasteiger partial charge in [0, 0.05) is 16.7 Å². The van der Waals surface area contributed by atoms with Gasteiger partial charge in [0.1, 0.15) is 0 Å². The molecule has 4 rings (SSSR count). The summed E-state index contributed by atoms with van der Waals surface area (Å²) in [5, 5.41) is 0.700. The predicted octanol–water partition coefficient (Wildman–Crippen LogP) is 5.82. The van der Waals surface area contributed by atoms with Crippen LogP contribution in [-0.4, -0.2) is 22.1 Å². The first kappa shape index (κ1) is 19.6. The van der Waals surface area contributed by atoms with Crippen LogP contribution in [0.15, 0.2) is 71.8 Å². The number of nitrogens with zero attached hydrogens (tertiary/aromatic N) is 3. The molecule has 2 heterocycles. The Bertz CT molecular complexity index is 1120. The molecule has 4 nitrogen and oxygen atoms in total. The number of benzene rings is 2. The Balaban J connectivity index is 1.76. The van der Waals surface area contributed by atoms with E-state index in [1.807, 2.05) is 48.7 Å². The zero-order valence-electron chi connectivity index (χ0n) is 16.3. The van der Waals surface area contributed by atoms with E-state index in [-0.39, 0.29) is 5.91 Å². The third kappa shape index (κ3) is 4.18. The average molecular weight is 420 g/mol. The predicted molar refractivity (Wildman–Crippen MR) is 122 cm³/mol. The molecule has 0 saturated carbocycles. The molecular formula is C23H21N3OS2. The molecule has 0 spiro atoms. The largest absolute Gasteiger partial charge is 0.278 e. The summed E-state index contributed by atoms with van der Waals surface area (Å²) < 4.78 is 1.09. The molecule has 0 unspecified atom stereocenters. The second kappa shape index (κ2) is 8.76. The normalized spacial score (nSPS) is 11.0. The highest BCUT2D eigenvalue weighted by Crippen LogP contribution is 2.32. The van der Waals surface area contributed by atoms with Crippen molar-refractivity contribution < 1.29 is 4.79 Å². The Morgan fingerprint density at radius 2 is 1.90 bits per heavy atom. The number of hydrogen-bond donors (Lipinski definition) is 0. The number of amides is 1. The zero-order valence-corrected chi connectivity index (χ0v) is 18.0.